The summed E-state index contributed by atoms with van der Waals surface area (Å²) in [6, 6.07) is 27.5. The highest BCUT2D eigenvalue weighted by Gasteiger charge is 2.52. The number of aryl methyl sites for hydroxylation is 3. The van der Waals surface area contributed by atoms with E-state index in [0.29, 0.717) is 6.54 Å². The Kier molecular flexibility index (Phi) is 5.74. The molecule has 4 aliphatic rings. The number of hydrogen-bond donors (Lipinski definition) is 0. The maximum absolute atomic E-state index is 6.94. The lowest BCUT2D eigenvalue weighted by molar-refractivity contribution is -0.318. The van der Waals surface area contributed by atoms with E-state index in [-0.39, 0.29) is 23.7 Å². The van der Waals surface area contributed by atoms with Crippen molar-refractivity contribution >= 4 is 11.3 Å². The van der Waals surface area contributed by atoms with E-state index in [1.54, 1.807) is 0 Å². The molecule has 43 heavy (non-hydrogen) atoms. The van der Waals surface area contributed by atoms with E-state index in [2.05, 4.69) is 132 Å². The van der Waals surface area contributed by atoms with Gasteiger partial charge in [0.05, 0.1) is 24.8 Å². The van der Waals surface area contributed by atoms with Crippen LogP contribution in [0.2, 0.25) is 0 Å². The number of hydrogen-bond acceptors (Lipinski definition) is 3. The van der Waals surface area contributed by atoms with Crippen molar-refractivity contribution < 1.29 is 9.47 Å². The molecule has 218 valence electrons. The molecule has 1 aliphatic carbocycles. The Hall–Kier alpha value is -3.66. The number of fused-ring (bicyclic) bond motifs is 9. The lowest BCUT2D eigenvalue weighted by Gasteiger charge is -2.54. The zero-order valence-corrected chi connectivity index (χ0v) is 26.4. The zero-order chi connectivity index (χ0) is 29.8. The van der Waals surface area contributed by atoms with Gasteiger partial charge in [-0.2, -0.15) is 0 Å². The smallest absolute Gasteiger partial charge is 0.214 e. The first-order valence-corrected chi connectivity index (χ1v) is 15.9. The van der Waals surface area contributed by atoms with Gasteiger partial charge in [-0.3, -0.25) is 0 Å². The van der Waals surface area contributed by atoms with Gasteiger partial charge in [-0.25, -0.2) is 0 Å². The first-order valence-electron chi connectivity index (χ1n) is 15.9. The molecule has 3 unspecified atom stereocenters. The summed E-state index contributed by atoms with van der Waals surface area (Å²) >= 11 is 0. The molecule has 8 rings (SSSR count). The Morgan fingerprint density at radius 2 is 1.49 bits per heavy atom. The maximum atomic E-state index is 6.94. The Morgan fingerprint density at radius 3 is 2.26 bits per heavy atom. The van der Waals surface area contributed by atoms with Gasteiger partial charge in [-0.05, 0) is 109 Å². The zero-order valence-electron chi connectivity index (χ0n) is 26.4. The number of anilines is 1. The molecule has 0 radical (unpaired) electrons. The summed E-state index contributed by atoms with van der Waals surface area (Å²) in [7, 11) is 0. The van der Waals surface area contributed by atoms with E-state index in [0.717, 1.165) is 6.42 Å². The van der Waals surface area contributed by atoms with Crippen LogP contribution in [-0.2, 0) is 20.7 Å². The molecule has 4 aromatic rings. The molecule has 1 spiro atoms. The molecule has 0 aromatic heterocycles. The van der Waals surface area contributed by atoms with Crippen molar-refractivity contribution in [2.24, 2.45) is 0 Å². The summed E-state index contributed by atoms with van der Waals surface area (Å²) in [4.78, 5) is 2.59. The minimum atomic E-state index is -0.817. The maximum Gasteiger partial charge on any atom is 0.214 e. The molecule has 1 saturated heterocycles. The summed E-state index contributed by atoms with van der Waals surface area (Å²) in [5.41, 5.74) is 16.9. The molecule has 0 N–H and O–H groups in total. The van der Waals surface area contributed by atoms with Crippen molar-refractivity contribution in [1.29, 1.82) is 0 Å². The summed E-state index contributed by atoms with van der Waals surface area (Å²) in [6.45, 7) is 16.5. The average molecular weight is 568 g/mol. The molecule has 3 aliphatic heterocycles. The Labute approximate surface area is 256 Å². The van der Waals surface area contributed by atoms with E-state index in [9.17, 15) is 0 Å². The Bertz CT molecular complexity index is 1840. The molecule has 3 nitrogen and oxygen atoms in total. The van der Waals surface area contributed by atoms with Gasteiger partial charge in [0, 0.05) is 22.2 Å². The van der Waals surface area contributed by atoms with Crippen LogP contribution in [0, 0.1) is 20.8 Å². The summed E-state index contributed by atoms with van der Waals surface area (Å²) in [5, 5.41) is 0. The van der Waals surface area contributed by atoms with Gasteiger partial charge in [0.1, 0.15) is 0 Å². The molecule has 0 amide bonds. The van der Waals surface area contributed by atoms with Crippen LogP contribution < -0.4 is 4.90 Å². The van der Waals surface area contributed by atoms with Gasteiger partial charge in [0.25, 0.3) is 0 Å². The Balaban J connectivity index is 1.43. The van der Waals surface area contributed by atoms with Gasteiger partial charge >= 0.3 is 0 Å². The van der Waals surface area contributed by atoms with E-state index in [1.165, 1.54) is 72.5 Å². The first kappa shape index (κ1) is 26.9. The van der Waals surface area contributed by atoms with E-state index in [1.807, 2.05) is 0 Å². The molecule has 4 aromatic carbocycles. The third-order valence-corrected chi connectivity index (χ3v) is 10.5. The second kappa shape index (κ2) is 9.17. The minimum Gasteiger partial charge on any atom is -0.355 e. The summed E-state index contributed by atoms with van der Waals surface area (Å²) in [5.74, 6) is -0.817. The van der Waals surface area contributed by atoms with Crippen LogP contribution in [0.1, 0.15) is 90.2 Å². The van der Waals surface area contributed by atoms with Crippen LogP contribution in [0.15, 0.2) is 78.9 Å². The van der Waals surface area contributed by atoms with Gasteiger partial charge in [-0.15, -0.1) is 0 Å². The van der Waals surface area contributed by atoms with Crippen molar-refractivity contribution in [3.8, 4) is 11.1 Å². The average Bonchev–Trinajstić information content (AvgIpc) is 3.19. The molecule has 0 bridgehead atoms. The fourth-order valence-electron chi connectivity index (χ4n) is 8.62. The lowest BCUT2D eigenvalue weighted by atomic mass is 9.76. The third-order valence-electron chi connectivity index (χ3n) is 10.5. The largest absolute Gasteiger partial charge is 0.355 e. The molecular weight excluding hydrogens is 526 g/mol. The van der Waals surface area contributed by atoms with E-state index in [4.69, 9.17) is 9.47 Å². The van der Waals surface area contributed by atoms with Gasteiger partial charge < -0.3 is 14.4 Å². The quantitative estimate of drug-likeness (QED) is 0.229. The Morgan fingerprint density at radius 1 is 0.744 bits per heavy atom. The van der Waals surface area contributed by atoms with Crippen LogP contribution in [0.5, 0.6) is 0 Å². The number of ether oxygens (including phenoxy) is 2. The number of nitrogens with zero attached hydrogens (tertiary/aromatic N) is 1. The molecular formula is C40H41NO2. The van der Waals surface area contributed by atoms with Crippen LogP contribution >= 0.6 is 0 Å². The first-order chi connectivity index (χ1) is 20.6. The standard InChI is InChI=1S/C40H41NO2/c1-23-11-10-12-28(17-23)30-20-36-37-24(2)15-16-25(3)38(37)40(42-26(4)18-27(5)43-40)22-41(36)35-21-34-31(19-32(30)35)29-13-8-9-14-33(29)39(34,6)7/h8-17,19-21,26-27,36H,18,22H2,1-7H3. The second-order valence-electron chi connectivity index (χ2n) is 13.9. The minimum absolute atomic E-state index is 0.0771. The van der Waals surface area contributed by atoms with Gasteiger partial charge in [0.15, 0.2) is 0 Å². The van der Waals surface area contributed by atoms with E-state index < -0.39 is 5.79 Å². The fourth-order valence-corrected chi connectivity index (χ4v) is 8.62. The number of benzene rings is 4. The van der Waals surface area contributed by atoms with Crippen LogP contribution in [0.3, 0.4) is 0 Å². The van der Waals surface area contributed by atoms with Crippen LogP contribution in [0.4, 0.5) is 5.69 Å². The van der Waals surface area contributed by atoms with Gasteiger partial charge in [-0.1, -0.05) is 80.1 Å². The van der Waals surface area contributed by atoms with Crippen molar-refractivity contribution in [1.82, 2.24) is 0 Å². The van der Waals surface area contributed by atoms with Crippen molar-refractivity contribution in [2.45, 2.75) is 84.3 Å². The predicted molar refractivity (Wildman–Crippen MR) is 176 cm³/mol. The summed E-state index contributed by atoms with van der Waals surface area (Å²) < 4.78 is 13.9. The van der Waals surface area contributed by atoms with Crippen molar-refractivity contribution in [2.75, 3.05) is 11.4 Å². The highest BCUT2D eigenvalue weighted by atomic mass is 16.7. The fraction of sp³-hybridized carbons (Fsp3) is 0.350. The highest BCUT2D eigenvalue weighted by Crippen LogP contribution is 2.57. The molecule has 3 heteroatoms. The predicted octanol–water partition coefficient (Wildman–Crippen LogP) is 9.29. The monoisotopic (exact) mass is 567 g/mol. The van der Waals surface area contributed by atoms with Crippen molar-refractivity contribution in [3.63, 3.8) is 0 Å². The van der Waals surface area contributed by atoms with Crippen molar-refractivity contribution in [3.05, 3.63) is 129 Å². The molecule has 1 fully saturated rings. The normalized spacial score (nSPS) is 26.3. The van der Waals surface area contributed by atoms with Crippen LogP contribution in [-0.4, -0.2) is 18.8 Å². The van der Waals surface area contributed by atoms with Crippen LogP contribution in [0.25, 0.3) is 16.7 Å². The van der Waals surface area contributed by atoms with Gasteiger partial charge in [0.2, 0.25) is 5.79 Å². The molecule has 3 heterocycles. The number of rotatable bonds is 1. The second-order valence-corrected chi connectivity index (χ2v) is 13.9. The highest BCUT2D eigenvalue weighted by molar-refractivity contribution is 5.95. The topological polar surface area (TPSA) is 21.7 Å². The third kappa shape index (κ3) is 3.81. The molecule has 3 atom stereocenters. The summed E-state index contributed by atoms with van der Waals surface area (Å²) in [6.07, 6.45) is 3.65. The van der Waals surface area contributed by atoms with E-state index >= 15 is 0 Å². The SMILES string of the molecule is Cc1cccc(C2=CC3c4c(C)ccc(C)c4C4(CN3c3cc5c(cc32)-c2ccccc2C5(C)C)OC(C)CC(C)O4)c1. The lowest BCUT2D eigenvalue weighted by Crippen LogP contribution is -2.57. The molecule has 0 saturated carbocycles.